The molecule has 3 rings (SSSR count). The van der Waals surface area contributed by atoms with Gasteiger partial charge in [0.1, 0.15) is 25.0 Å². The van der Waals surface area contributed by atoms with E-state index in [0.717, 1.165) is 37.0 Å². The summed E-state index contributed by atoms with van der Waals surface area (Å²) in [5, 5.41) is 11.2. The molecule has 0 unspecified atom stereocenters. The first kappa shape index (κ1) is 21.9. The van der Waals surface area contributed by atoms with E-state index in [1.165, 1.54) is 21.7 Å². The summed E-state index contributed by atoms with van der Waals surface area (Å²) in [6, 6.07) is 14.3. The normalized spacial score (nSPS) is 16.7. The number of aliphatic hydroxyl groups is 1. The van der Waals surface area contributed by atoms with E-state index < -0.39 is 6.10 Å². The van der Waals surface area contributed by atoms with Gasteiger partial charge in [-0.05, 0) is 47.7 Å². The van der Waals surface area contributed by atoms with Crippen LogP contribution in [0, 0.1) is 6.92 Å². The second-order valence-electron chi connectivity index (χ2n) is 9.11. The number of nitrogens with one attached hydrogen (secondary N) is 1. The number of quaternary nitrogens is 1. The van der Waals surface area contributed by atoms with E-state index in [9.17, 15) is 5.11 Å². The number of ether oxygens (including phenoxy) is 1. The van der Waals surface area contributed by atoms with Gasteiger partial charge in [-0.15, -0.1) is 0 Å². The van der Waals surface area contributed by atoms with Crippen molar-refractivity contribution in [2.75, 3.05) is 44.2 Å². The standard InChI is InChI=1S/C24H33ClN2O2/c1-18-5-8-20(25)15-23(18)27-13-11-26(12-14-27)16-21(28)17-29-22-9-6-19(7-10-22)24(2,3)4/h5-10,15,21,28H,11-14,16-17H2,1-4H3/p+1/t21-/m1/s1. The lowest BCUT2D eigenvalue weighted by Crippen LogP contribution is -3.16. The third kappa shape index (κ3) is 6.11. The van der Waals surface area contributed by atoms with Crippen LogP contribution in [0.25, 0.3) is 0 Å². The summed E-state index contributed by atoms with van der Waals surface area (Å²) in [4.78, 5) is 3.81. The van der Waals surface area contributed by atoms with Crippen LogP contribution in [0.2, 0.25) is 5.02 Å². The van der Waals surface area contributed by atoms with Gasteiger partial charge in [0.05, 0.1) is 26.2 Å². The number of hydrogen-bond acceptors (Lipinski definition) is 3. The highest BCUT2D eigenvalue weighted by Gasteiger charge is 2.24. The second-order valence-corrected chi connectivity index (χ2v) is 9.55. The Morgan fingerprint density at radius 2 is 1.76 bits per heavy atom. The van der Waals surface area contributed by atoms with Gasteiger partial charge >= 0.3 is 0 Å². The summed E-state index contributed by atoms with van der Waals surface area (Å²) in [6.07, 6.45) is -0.466. The molecule has 2 aromatic carbocycles. The van der Waals surface area contributed by atoms with Gasteiger partial charge in [-0.25, -0.2) is 0 Å². The fourth-order valence-electron chi connectivity index (χ4n) is 3.83. The molecule has 1 aliphatic rings. The molecule has 2 N–H and O–H groups in total. The largest absolute Gasteiger partial charge is 0.491 e. The van der Waals surface area contributed by atoms with Crippen LogP contribution >= 0.6 is 11.6 Å². The van der Waals surface area contributed by atoms with Crippen molar-refractivity contribution in [1.29, 1.82) is 0 Å². The van der Waals surface area contributed by atoms with Crippen LogP contribution in [-0.4, -0.2) is 50.5 Å². The molecule has 1 aliphatic heterocycles. The Labute approximate surface area is 180 Å². The summed E-state index contributed by atoms with van der Waals surface area (Å²) in [6.45, 7) is 13.7. The average Bonchev–Trinajstić information content (AvgIpc) is 2.68. The number of hydrogen-bond donors (Lipinski definition) is 2. The Morgan fingerprint density at radius 1 is 1.10 bits per heavy atom. The molecule has 0 saturated carbocycles. The first-order valence-corrected chi connectivity index (χ1v) is 10.9. The number of nitrogens with zero attached hydrogens (tertiary/aromatic N) is 1. The summed E-state index contributed by atoms with van der Waals surface area (Å²) in [5.74, 6) is 0.813. The summed E-state index contributed by atoms with van der Waals surface area (Å²) >= 11 is 6.17. The second kappa shape index (κ2) is 9.38. The highest BCUT2D eigenvalue weighted by molar-refractivity contribution is 6.30. The van der Waals surface area contributed by atoms with Crippen LogP contribution in [0.1, 0.15) is 31.9 Å². The fraction of sp³-hybridized carbons (Fsp3) is 0.500. The fourth-order valence-corrected chi connectivity index (χ4v) is 3.99. The number of anilines is 1. The van der Waals surface area contributed by atoms with Gasteiger partial charge in [-0.2, -0.15) is 0 Å². The van der Waals surface area contributed by atoms with Gasteiger partial charge in [0.2, 0.25) is 0 Å². The number of aryl methyl sites for hydroxylation is 1. The Hall–Kier alpha value is -1.75. The van der Waals surface area contributed by atoms with E-state index in [4.69, 9.17) is 16.3 Å². The van der Waals surface area contributed by atoms with E-state index in [0.29, 0.717) is 13.2 Å². The van der Waals surface area contributed by atoms with Crippen molar-refractivity contribution in [3.05, 3.63) is 58.6 Å². The predicted octanol–water partition coefficient (Wildman–Crippen LogP) is 3.09. The first-order valence-electron chi connectivity index (χ1n) is 10.5. The van der Waals surface area contributed by atoms with E-state index >= 15 is 0 Å². The lowest BCUT2D eigenvalue weighted by atomic mass is 9.87. The van der Waals surface area contributed by atoms with Gasteiger partial charge in [-0.1, -0.05) is 50.6 Å². The van der Waals surface area contributed by atoms with Crippen molar-refractivity contribution in [2.45, 2.75) is 39.2 Å². The topological polar surface area (TPSA) is 37.1 Å². The SMILES string of the molecule is Cc1ccc(Cl)cc1N1CC[NH+](C[C@@H](O)COc2ccc(C(C)(C)C)cc2)CC1. The lowest BCUT2D eigenvalue weighted by molar-refractivity contribution is -0.903. The van der Waals surface area contributed by atoms with Crippen LogP contribution in [0.3, 0.4) is 0 Å². The van der Waals surface area contributed by atoms with E-state index in [1.807, 2.05) is 18.2 Å². The Kier molecular flexibility index (Phi) is 7.10. The number of halogens is 1. The van der Waals surface area contributed by atoms with Crippen molar-refractivity contribution in [3.8, 4) is 5.75 Å². The zero-order chi connectivity index (χ0) is 21.0. The van der Waals surface area contributed by atoms with E-state index in [2.05, 4.69) is 56.9 Å². The molecule has 0 radical (unpaired) electrons. The zero-order valence-corrected chi connectivity index (χ0v) is 18.8. The third-order valence-corrected chi connectivity index (χ3v) is 5.90. The van der Waals surface area contributed by atoms with Gasteiger partial charge in [0.25, 0.3) is 0 Å². The quantitative estimate of drug-likeness (QED) is 0.758. The van der Waals surface area contributed by atoms with Crippen LogP contribution in [0.5, 0.6) is 5.75 Å². The van der Waals surface area contributed by atoms with Crippen LogP contribution < -0.4 is 14.5 Å². The predicted molar refractivity (Wildman–Crippen MR) is 121 cm³/mol. The molecule has 4 nitrogen and oxygen atoms in total. The average molecular weight is 418 g/mol. The maximum atomic E-state index is 10.4. The molecule has 0 amide bonds. The van der Waals surface area contributed by atoms with Gasteiger partial charge < -0.3 is 19.6 Å². The highest BCUT2D eigenvalue weighted by atomic mass is 35.5. The lowest BCUT2D eigenvalue weighted by Gasteiger charge is -2.35. The van der Waals surface area contributed by atoms with Crippen LogP contribution in [0.4, 0.5) is 5.69 Å². The monoisotopic (exact) mass is 417 g/mol. The van der Waals surface area contributed by atoms with Gasteiger partial charge in [0.15, 0.2) is 0 Å². The summed E-state index contributed by atoms with van der Waals surface area (Å²) < 4.78 is 5.81. The maximum absolute atomic E-state index is 10.4. The van der Waals surface area contributed by atoms with Gasteiger partial charge in [-0.3, -0.25) is 0 Å². The minimum atomic E-state index is -0.466. The number of benzene rings is 2. The molecule has 5 heteroatoms. The van der Waals surface area contributed by atoms with E-state index in [1.54, 1.807) is 0 Å². The molecule has 2 aromatic rings. The minimum Gasteiger partial charge on any atom is -0.491 e. The van der Waals surface area contributed by atoms with Gasteiger partial charge in [0, 0.05) is 10.7 Å². The third-order valence-electron chi connectivity index (χ3n) is 5.67. The zero-order valence-electron chi connectivity index (χ0n) is 18.0. The van der Waals surface area contributed by atoms with Crippen LogP contribution in [-0.2, 0) is 5.41 Å². The summed E-state index contributed by atoms with van der Waals surface area (Å²) in [7, 11) is 0. The van der Waals surface area contributed by atoms with Crippen molar-refractivity contribution in [2.24, 2.45) is 0 Å². The molecule has 0 aromatic heterocycles. The van der Waals surface area contributed by atoms with E-state index in [-0.39, 0.29) is 5.41 Å². The molecule has 1 fully saturated rings. The molecule has 158 valence electrons. The van der Waals surface area contributed by atoms with Crippen molar-refractivity contribution in [3.63, 3.8) is 0 Å². The van der Waals surface area contributed by atoms with Crippen LogP contribution in [0.15, 0.2) is 42.5 Å². The maximum Gasteiger partial charge on any atom is 0.137 e. The number of aliphatic hydroxyl groups excluding tert-OH is 1. The molecular weight excluding hydrogens is 384 g/mol. The van der Waals surface area contributed by atoms with Crippen molar-refractivity contribution in [1.82, 2.24) is 0 Å². The smallest absolute Gasteiger partial charge is 0.137 e. The molecule has 1 saturated heterocycles. The highest BCUT2D eigenvalue weighted by Crippen LogP contribution is 2.25. The summed E-state index contributed by atoms with van der Waals surface area (Å²) in [5.41, 5.74) is 3.89. The Morgan fingerprint density at radius 3 is 2.38 bits per heavy atom. The molecule has 29 heavy (non-hydrogen) atoms. The molecule has 1 heterocycles. The number of piperazine rings is 1. The molecular formula is C24H34ClN2O2+. The Bertz CT molecular complexity index is 794. The van der Waals surface area contributed by atoms with Crippen molar-refractivity contribution >= 4 is 17.3 Å². The Balaban J connectivity index is 1.44. The molecule has 0 spiro atoms. The molecule has 0 bridgehead atoms. The first-order chi connectivity index (χ1) is 13.7. The minimum absolute atomic E-state index is 0.132. The molecule has 0 aliphatic carbocycles. The molecule has 1 atom stereocenters. The van der Waals surface area contributed by atoms with Crippen molar-refractivity contribution < 1.29 is 14.7 Å². The number of rotatable bonds is 6.